The van der Waals surface area contributed by atoms with Gasteiger partial charge in [-0.25, -0.2) is 14.6 Å². The molecule has 1 aliphatic heterocycles. The van der Waals surface area contributed by atoms with Gasteiger partial charge in [0.05, 0.1) is 11.1 Å². The normalized spacial score (nSPS) is 15.7. The third-order valence-electron chi connectivity index (χ3n) is 4.05. The van der Waals surface area contributed by atoms with Crippen LogP contribution in [-0.2, 0) is 4.79 Å². The Bertz CT molecular complexity index is 893. The van der Waals surface area contributed by atoms with Gasteiger partial charge < -0.3 is 10.6 Å². The highest BCUT2D eigenvalue weighted by Gasteiger charge is 2.33. The van der Waals surface area contributed by atoms with Gasteiger partial charge in [-0.1, -0.05) is 32.0 Å². The summed E-state index contributed by atoms with van der Waals surface area (Å²) in [6.07, 6.45) is 0.498. The van der Waals surface area contributed by atoms with Crippen LogP contribution in [0.5, 0.6) is 0 Å². The zero-order valence-corrected chi connectivity index (χ0v) is 14.5. The van der Waals surface area contributed by atoms with Gasteiger partial charge in [0.1, 0.15) is 5.82 Å². The molecule has 0 saturated heterocycles. The molecule has 3 rings (SSSR count). The average molecular weight is 354 g/mol. The van der Waals surface area contributed by atoms with Gasteiger partial charge in [-0.3, -0.25) is 4.79 Å². The summed E-state index contributed by atoms with van der Waals surface area (Å²) in [6, 6.07) is 12.3. The van der Waals surface area contributed by atoms with Crippen LogP contribution in [-0.4, -0.2) is 17.6 Å². The molecule has 0 aliphatic carbocycles. The van der Waals surface area contributed by atoms with E-state index in [1.54, 1.807) is 24.3 Å². The number of hydrazone groups is 1. The highest BCUT2D eigenvalue weighted by atomic mass is 19.1. The Kier molecular flexibility index (Phi) is 4.71. The van der Waals surface area contributed by atoms with E-state index in [1.165, 1.54) is 18.2 Å². The molecule has 3 N–H and O–H groups in total. The first-order chi connectivity index (χ1) is 12.3. The summed E-state index contributed by atoms with van der Waals surface area (Å²) in [7, 11) is 0. The number of anilines is 2. The van der Waals surface area contributed by atoms with Gasteiger partial charge in [0.2, 0.25) is 5.91 Å². The van der Waals surface area contributed by atoms with Gasteiger partial charge in [-0.15, -0.1) is 0 Å². The molecule has 0 radical (unpaired) electrons. The van der Waals surface area contributed by atoms with E-state index in [0.29, 0.717) is 17.8 Å². The van der Waals surface area contributed by atoms with E-state index in [2.05, 4.69) is 21.2 Å². The van der Waals surface area contributed by atoms with E-state index in [0.717, 1.165) is 11.3 Å². The summed E-state index contributed by atoms with van der Waals surface area (Å²) in [5.41, 5.74) is 4.46. The number of nitrogens with zero attached hydrogens (tertiary/aromatic N) is 1. The van der Waals surface area contributed by atoms with Gasteiger partial charge in [0, 0.05) is 17.8 Å². The minimum atomic E-state index is -0.546. The van der Waals surface area contributed by atoms with Crippen molar-refractivity contribution in [3.63, 3.8) is 0 Å². The minimum Gasteiger partial charge on any atom is -0.308 e. The fourth-order valence-corrected chi connectivity index (χ4v) is 2.61. The first-order valence-corrected chi connectivity index (χ1v) is 8.14. The molecular formula is C19H19FN4O2. The van der Waals surface area contributed by atoms with E-state index < -0.39 is 17.3 Å². The van der Waals surface area contributed by atoms with E-state index in [1.807, 2.05) is 19.9 Å². The SMILES string of the molecule is CC1(C)CC(c2cccc(NC(=O)Nc3cccc(F)c3)c2)=NNC1=O. The van der Waals surface area contributed by atoms with Gasteiger partial charge in [-0.05, 0) is 35.9 Å². The van der Waals surface area contributed by atoms with Crippen molar-refractivity contribution < 1.29 is 14.0 Å². The Hall–Kier alpha value is -3.22. The molecule has 0 atom stereocenters. The molecule has 2 aromatic rings. The standard InChI is InChI=1S/C19H19FN4O2/c1-19(2)11-16(23-24-17(19)25)12-5-3-7-14(9-12)21-18(26)22-15-8-4-6-13(20)10-15/h3-10H,11H2,1-2H3,(H,24,25)(H2,21,22,26). The number of carbonyl (C=O) groups excluding carboxylic acids is 2. The number of hydrogen-bond acceptors (Lipinski definition) is 3. The molecule has 134 valence electrons. The number of hydrogen-bond donors (Lipinski definition) is 3. The van der Waals surface area contributed by atoms with Crippen molar-refractivity contribution in [2.24, 2.45) is 10.5 Å². The smallest absolute Gasteiger partial charge is 0.308 e. The minimum absolute atomic E-state index is 0.120. The number of benzene rings is 2. The number of carbonyl (C=O) groups is 2. The number of urea groups is 1. The highest BCUT2D eigenvalue weighted by molar-refractivity contribution is 6.07. The Morgan fingerprint density at radius 2 is 1.77 bits per heavy atom. The molecule has 0 saturated carbocycles. The molecule has 6 nitrogen and oxygen atoms in total. The number of nitrogens with one attached hydrogen (secondary N) is 3. The molecule has 0 spiro atoms. The lowest BCUT2D eigenvalue weighted by Gasteiger charge is -2.27. The van der Waals surface area contributed by atoms with Crippen LogP contribution in [0.1, 0.15) is 25.8 Å². The largest absolute Gasteiger partial charge is 0.323 e. The van der Waals surface area contributed by atoms with Crippen LogP contribution in [0.15, 0.2) is 53.6 Å². The topological polar surface area (TPSA) is 82.6 Å². The van der Waals surface area contributed by atoms with Gasteiger partial charge in [0.15, 0.2) is 0 Å². The molecule has 1 heterocycles. The molecule has 0 unspecified atom stereocenters. The Balaban J connectivity index is 1.71. The van der Waals surface area contributed by atoms with E-state index in [4.69, 9.17) is 0 Å². The molecule has 7 heteroatoms. The summed E-state index contributed by atoms with van der Waals surface area (Å²) in [4.78, 5) is 23.9. The van der Waals surface area contributed by atoms with Crippen molar-refractivity contribution in [1.82, 2.24) is 5.43 Å². The quantitative estimate of drug-likeness (QED) is 0.785. The molecule has 0 bridgehead atoms. The summed E-state index contributed by atoms with van der Waals surface area (Å²) in [5.74, 6) is -0.547. The first kappa shape index (κ1) is 17.6. The lowest BCUT2D eigenvalue weighted by molar-refractivity contribution is -0.129. The number of halogens is 1. The predicted octanol–water partition coefficient (Wildman–Crippen LogP) is 3.72. The summed E-state index contributed by atoms with van der Waals surface area (Å²) in [5, 5.41) is 9.40. The van der Waals surface area contributed by atoms with Gasteiger partial charge in [-0.2, -0.15) is 5.10 Å². The predicted molar refractivity (Wildman–Crippen MR) is 98.6 cm³/mol. The maximum Gasteiger partial charge on any atom is 0.323 e. The maximum absolute atomic E-state index is 13.2. The van der Waals surface area contributed by atoms with E-state index in [-0.39, 0.29) is 5.91 Å². The number of rotatable bonds is 3. The van der Waals surface area contributed by atoms with Crippen molar-refractivity contribution in [2.45, 2.75) is 20.3 Å². The third-order valence-corrected chi connectivity index (χ3v) is 4.05. The van der Waals surface area contributed by atoms with Crippen LogP contribution < -0.4 is 16.1 Å². The van der Waals surface area contributed by atoms with Gasteiger partial charge >= 0.3 is 6.03 Å². The first-order valence-electron chi connectivity index (χ1n) is 8.14. The second-order valence-corrected chi connectivity index (χ2v) is 6.73. The second-order valence-electron chi connectivity index (χ2n) is 6.73. The van der Waals surface area contributed by atoms with Crippen LogP contribution in [0.3, 0.4) is 0 Å². The molecule has 0 fully saturated rings. The van der Waals surface area contributed by atoms with Crippen molar-refractivity contribution in [1.29, 1.82) is 0 Å². The zero-order valence-electron chi connectivity index (χ0n) is 14.5. The summed E-state index contributed by atoms with van der Waals surface area (Å²) < 4.78 is 13.2. The van der Waals surface area contributed by atoms with Gasteiger partial charge in [0.25, 0.3) is 0 Å². The maximum atomic E-state index is 13.2. The van der Waals surface area contributed by atoms with Crippen LogP contribution in [0, 0.1) is 11.2 Å². The molecular weight excluding hydrogens is 335 g/mol. The van der Waals surface area contributed by atoms with Crippen molar-refractivity contribution in [3.8, 4) is 0 Å². The summed E-state index contributed by atoms with van der Waals surface area (Å²) in [6.45, 7) is 3.71. The average Bonchev–Trinajstić information content (AvgIpc) is 2.57. The number of amides is 3. The molecule has 26 heavy (non-hydrogen) atoms. The zero-order chi connectivity index (χ0) is 18.7. The van der Waals surface area contributed by atoms with E-state index in [9.17, 15) is 14.0 Å². The summed E-state index contributed by atoms with van der Waals surface area (Å²) >= 11 is 0. The van der Waals surface area contributed by atoms with Crippen LogP contribution in [0.25, 0.3) is 0 Å². The fraction of sp³-hybridized carbons (Fsp3) is 0.211. The molecule has 3 amide bonds. The highest BCUT2D eigenvalue weighted by Crippen LogP contribution is 2.27. The lowest BCUT2D eigenvalue weighted by atomic mass is 9.83. The third kappa shape index (κ3) is 4.05. The van der Waals surface area contributed by atoms with Crippen LogP contribution in [0.4, 0.5) is 20.6 Å². The monoisotopic (exact) mass is 354 g/mol. The molecule has 2 aromatic carbocycles. The van der Waals surface area contributed by atoms with E-state index >= 15 is 0 Å². The van der Waals surface area contributed by atoms with Crippen molar-refractivity contribution in [2.75, 3.05) is 10.6 Å². The lowest BCUT2D eigenvalue weighted by Crippen LogP contribution is -2.40. The van der Waals surface area contributed by atoms with Crippen molar-refractivity contribution >= 4 is 29.0 Å². The molecule has 1 aliphatic rings. The van der Waals surface area contributed by atoms with Crippen molar-refractivity contribution in [3.05, 3.63) is 59.9 Å². The Morgan fingerprint density at radius 3 is 2.42 bits per heavy atom. The van der Waals surface area contributed by atoms with Crippen LogP contribution in [0.2, 0.25) is 0 Å². The Labute approximate surface area is 150 Å². The Morgan fingerprint density at radius 1 is 1.12 bits per heavy atom. The molecule has 0 aromatic heterocycles. The second kappa shape index (κ2) is 6.95. The van der Waals surface area contributed by atoms with Crippen LogP contribution >= 0.6 is 0 Å². The fourth-order valence-electron chi connectivity index (χ4n) is 2.61.